The topological polar surface area (TPSA) is 42.2 Å². The zero-order valence-corrected chi connectivity index (χ0v) is 9.84. The van der Waals surface area contributed by atoms with Crippen LogP contribution >= 0.6 is 0 Å². The highest BCUT2D eigenvalue weighted by atomic mass is 16.7. The van der Waals surface area contributed by atoms with Crippen molar-refractivity contribution in [3.05, 3.63) is 35.9 Å². The number of aryl methyl sites for hydroxylation is 1. The largest absolute Gasteiger partial charge is 0.353 e. The lowest BCUT2D eigenvalue weighted by molar-refractivity contribution is -0.130. The lowest BCUT2D eigenvalue weighted by Crippen LogP contribution is -2.20. The van der Waals surface area contributed by atoms with E-state index < -0.39 is 0 Å². The van der Waals surface area contributed by atoms with Gasteiger partial charge < -0.3 is 9.47 Å². The second kappa shape index (κ2) is 6.39. The van der Waals surface area contributed by atoms with E-state index in [0.717, 1.165) is 32.3 Å². The van der Waals surface area contributed by atoms with E-state index >= 15 is 0 Å². The molecule has 1 fully saturated rings. The number of hydrogen-bond donors (Lipinski definition) is 0. The number of rotatable bonds is 5. The van der Waals surface area contributed by atoms with Crippen molar-refractivity contribution in [1.29, 1.82) is 5.26 Å². The Morgan fingerprint density at radius 1 is 1.41 bits per heavy atom. The number of nitriles is 1. The first-order chi connectivity index (χ1) is 8.38. The lowest BCUT2D eigenvalue weighted by Gasteiger charge is -2.15. The first kappa shape index (κ1) is 12.1. The average molecular weight is 231 g/mol. The van der Waals surface area contributed by atoms with Crippen LogP contribution < -0.4 is 0 Å². The highest BCUT2D eigenvalue weighted by Gasteiger charge is 2.20. The Labute approximate surface area is 102 Å². The van der Waals surface area contributed by atoms with Crippen molar-refractivity contribution in [2.45, 2.75) is 38.1 Å². The van der Waals surface area contributed by atoms with E-state index in [1.54, 1.807) is 0 Å². The molecule has 3 nitrogen and oxygen atoms in total. The molecule has 0 radical (unpaired) electrons. The van der Waals surface area contributed by atoms with E-state index in [-0.39, 0.29) is 12.4 Å². The molecule has 17 heavy (non-hydrogen) atoms. The van der Waals surface area contributed by atoms with E-state index in [1.807, 2.05) is 18.2 Å². The fraction of sp³-hybridized carbons (Fsp3) is 0.500. The molecule has 0 aliphatic carbocycles. The average Bonchev–Trinajstić information content (AvgIpc) is 2.88. The number of hydrogen-bond acceptors (Lipinski definition) is 3. The van der Waals surface area contributed by atoms with Crippen molar-refractivity contribution in [1.82, 2.24) is 0 Å². The molecule has 0 aromatic heterocycles. The first-order valence-corrected chi connectivity index (χ1v) is 6.09. The second-order valence-corrected chi connectivity index (χ2v) is 4.22. The van der Waals surface area contributed by atoms with Crippen LogP contribution in [-0.4, -0.2) is 19.0 Å². The molecule has 2 rings (SSSR count). The van der Waals surface area contributed by atoms with Crippen LogP contribution in [-0.2, 0) is 15.9 Å². The first-order valence-electron chi connectivity index (χ1n) is 6.09. The Morgan fingerprint density at radius 2 is 2.24 bits per heavy atom. The summed E-state index contributed by atoms with van der Waals surface area (Å²) in [5, 5.41) is 9.03. The second-order valence-electron chi connectivity index (χ2n) is 4.22. The summed E-state index contributed by atoms with van der Waals surface area (Å²) in [4.78, 5) is 0. The normalized spacial score (nSPS) is 21.0. The molecule has 0 amide bonds. The standard InChI is InChI=1S/C14H17NO2/c15-11-13(17-14-7-4-10-16-14)9-8-12-5-2-1-3-6-12/h1-3,5-6,13-14H,4,7-10H2. The van der Waals surface area contributed by atoms with Gasteiger partial charge in [0.1, 0.15) is 6.10 Å². The molecule has 1 aromatic carbocycles. The van der Waals surface area contributed by atoms with Gasteiger partial charge >= 0.3 is 0 Å². The third kappa shape index (κ3) is 3.85. The molecule has 1 saturated heterocycles. The predicted molar refractivity (Wildman–Crippen MR) is 64.2 cm³/mol. The van der Waals surface area contributed by atoms with Gasteiger partial charge in [0.25, 0.3) is 0 Å². The van der Waals surface area contributed by atoms with Crippen LogP contribution in [0.5, 0.6) is 0 Å². The van der Waals surface area contributed by atoms with Crippen LogP contribution in [0.2, 0.25) is 0 Å². The van der Waals surface area contributed by atoms with Crippen molar-refractivity contribution < 1.29 is 9.47 Å². The quantitative estimate of drug-likeness (QED) is 0.782. The van der Waals surface area contributed by atoms with E-state index in [9.17, 15) is 0 Å². The van der Waals surface area contributed by atoms with Crippen LogP contribution in [0.15, 0.2) is 30.3 Å². The molecule has 90 valence electrons. The van der Waals surface area contributed by atoms with Crippen molar-refractivity contribution in [2.75, 3.05) is 6.61 Å². The zero-order valence-electron chi connectivity index (χ0n) is 9.84. The Hall–Kier alpha value is -1.37. The fourth-order valence-electron chi connectivity index (χ4n) is 1.94. The summed E-state index contributed by atoms with van der Waals surface area (Å²) in [6, 6.07) is 12.4. The number of ether oxygens (including phenoxy) is 2. The maximum absolute atomic E-state index is 9.03. The maximum atomic E-state index is 9.03. The van der Waals surface area contributed by atoms with Crippen LogP contribution in [0.1, 0.15) is 24.8 Å². The third-order valence-electron chi connectivity index (χ3n) is 2.89. The van der Waals surface area contributed by atoms with Gasteiger partial charge in [-0.15, -0.1) is 0 Å². The summed E-state index contributed by atoms with van der Waals surface area (Å²) < 4.78 is 11.0. The predicted octanol–water partition coefficient (Wildman–Crippen LogP) is 2.66. The number of benzene rings is 1. The molecule has 0 bridgehead atoms. The monoisotopic (exact) mass is 231 g/mol. The molecule has 1 heterocycles. The fourth-order valence-corrected chi connectivity index (χ4v) is 1.94. The van der Waals surface area contributed by atoms with Gasteiger partial charge in [-0.2, -0.15) is 5.26 Å². The van der Waals surface area contributed by atoms with E-state index in [0.29, 0.717) is 0 Å². The molecule has 1 aromatic rings. The molecular formula is C14H17NO2. The molecule has 0 saturated carbocycles. The molecule has 0 N–H and O–H groups in total. The minimum Gasteiger partial charge on any atom is -0.353 e. The van der Waals surface area contributed by atoms with Gasteiger partial charge in [0.2, 0.25) is 0 Å². The van der Waals surface area contributed by atoms with Gasteiger partial charge in [-0.05, 0) is 24.8 Å². The highest BCUT2D eigenvalue weighted by molar-refractivity contribution is 5.15. The van der Waals surface area contributed by atoms with Crippen molar-refractivity contribution in [3.63, 3.8) is 0 Å². The van der Waals surface area contributed by atoms with Crippen molar-refractivity contribution in [3.8, 4) is 6.07 Å². The van der Waals surface area contributed by atoms with Crippen LogP contribution in [0.4, 0.5) is 0 Å². The van der Waals surface area contributed by atoms with Crippen LogP contribution in [0.3, 0.4) is 0 Å². The van der Waals surface area contributed by atoms with Gasteiger partial charge in [-0.1, -0.05) is 30.3 Å². The Kier molecular flexibility index (Phi) is 4.54. The van der Waals surface area contributed by atoms with Crippen LogP contribution in [0, 0.1) is 11.3 Å². The molecule has 2 unspecified atom stereocenters. The lowest BCUT2D eigenvalue weighted by atomic mass is 10.1. The molecule has 1 aliphatic rings. The summed E-state index contributed by atoms with van der Waals surface area (Å²) in [6.07, 6.45) is 2.99. The summed E-state index contributed by atoms with van der Waals surface area (Å²) >= 11 is 0. The molecular weight excluding hydrogens is 214 g/mol. The minimum atomic E-state index is -0.363. The van der Waals surface area contributed by atoms with Crippen molar-refractivity contribution >= 4 is 0 Å². The Bertz CT molecular complexity index is 366. The smallest absolute Gasteiger partial charge is 0.159 e. The summed E-state index contributed by atoms with van der Waals surface area (Å²) in [5.41, 5.74) is 1.24. The van der Waals surface area contributed by atoms with E-state index in [2.05, 4.69) is 18.2 Å². The minimum absolute atomic E-state index is 0.171. The maximum Gasteiger partial charge on any atom is 0.159 e. The molecule has 0 spiro atoms. The SMILES string of the molecule is N#CC(CCc1ccccc1)OC1CCCO1. The van der Waals surface area contributed by atoms with Gasteiger partial charge in [0.05, 0.1) is 6.07 Å². The van der Waals surface area contributed by atoms with E-state index in [4.69, 9.17) is 14.7 Å². The Morgan fingerprint density at radius 3 is 2.88 bits per heavy atom. The van der Waals surface area contributed by atoms with Gasteiger partial charge in [-0.25, -0.2) is 0 Å². The van der Waals surface area contributed by atoms with E-state index in [1.165, 1.54) is 5.56 Å². The summed E-state index contributed by atoms with van der Waals surface area (Å²) in [6.45, 7) is 0.751. The number of nitrogens with zero attached hydrogens (tertiary/aromatic N) is 1. The van der Waals surface area contributed by atoms with Gasteiger partial charge in [-0.3, -0.25) is 0 Å². The molecule has 2 atom stereocenters. The summed E-state index contributed by atoms with van der Waals surface area (Å²) in [7, 11) is 0. The van der Waals surface area contributed by atoms with Crippen molar-refractivity contribution in [2.24, 2.45) is 0 Å². The van der Waals surface area contributed by atoms with Crippen LogP contribution in [0.25, 0.3) is 0 Å². The Balaban J connectivity index is 1.77. The molecule has 1 aliphatic heterocycles. The summed E-state index contributed by atoms with van der Waals surface area (Å²) in [5.74, 6) is 0. The molecule has 3 heteroatoms. The third-order valence-corrected chi connectivity index (χ3v) is 2.89. The highest BCUT2D eigenvalue weighted by Crippen LogP contribution is 2.17. The van der Waals surface area contributed by atoms with Gasteiger partial charge in [0.15, 0.2) is 6.29 Å². The zero-order chi connectivity index (χ0) is 11.9. The van der Waals surface area contributed by atoms with Gasteiger partial charge in [0, 0.05) is 13.0 Å².